The number of benzene rings is 5. The van der Waals surface area contributed by atoms with Crippen LogP contribution >= 0.6 is 0 Å². The summed E-state index contributed by atoms with van der Waals surface area (Å²) >= 11 is 0. The average Bonchev–Trinajstić information content (AvgIpc) is 3.37. The van der Waals surface area contributed by atoms with Gasteiger partial charge in [0, 0.05) is 5.56 Å². The van der Waals surface area contributed by atoms with Gasteiger partial charge in [-0.1, -0.05) is 84.9 Å². The fourth-order valence-corrected chi connectivity index (χ4v) is 4.19. The van der Waals surface area contributed by atoms with Crippen LogP contribution in [-0.2, 0) is 0 Å². The molecule has 0 saturated heterocycles. The van der Waals surface area contributed by atoms with E-state index in [2.05, 4.69) is 40.5 Å². The van der Waals surface area contributed by atoms with E-state index in [4.69, 9.17) is 4.42 Å². The molecule has 0 atom stereocenters. The third-order valence-corrected chi connectivity index (χ3v) is 5.91. The van der Waals surface area contributed by atoms with Crippen molar-refractivity contribution in [2.24, 2.45) is 0 Å². The standard InChI is InChI=1S/C30H19FN2O/c31-25-17-13-21(14-18-25)10-9-20-11-15-22(16-12-20)29-32-33-30(34-29)28-26-7-3-1-5-23(26)19-24-6-2-4-8-27(24)28/h1-19H/b10-9+. The summed E-state index contributed by atoms with van der Waals surface area (Å²) in [5, 5.41) is 13.2. The predicted molar refractivity (Wildman–Crippen MR) is 136 cm³/mol. The lowest BCUT2D eigenvalue weighted by molar-refractivity contribution is 0.586. The minimum atomic E-state index is -0.239. The molecule has 5 aromatic carbocycles. The second-order valence-electron chi connectivity index (χ2n) is 8.11. The van der Waals surface area contributed by atoms with E-state index in [-0.39, 0.29) is 5.82 Å². The van der Waals surface area contributed by atoms with Crippen molar-refractivity contribution in [1.82, 2.24) is 10.2 Å². The topological polar surface area (TPSA) is 38.9 Å². The SMILES string of the molecule is Fc1ccc(/C=C/c2ccc(-c3nnc(-c4c5ccccc5cc5ccccc45)o3)cc2)cc1. The van der Waals surface area contributed by atoms with Crippen LogP contribution in [0.15, 0.2) is 108 Å². The molecule has 1 heterocycles. The third-order valence-electron chi connectivity index (χ3n) is 5.91. The van der Waals surface area contributed by atoms with E-state index in [9.17, 15) is 4.39 Å². The normalized spacial score (nSPS) is 11.6. The van der Waals surface area contributed by atoms with Gasteiger partial charge < -0.3 is 4.42 Å². The quantitative estimate of drug-likeness (QED) is 0.205. The number of fused-ring (bicyclic) bond motifs is 2. The van der Waals surface area contributed by atoms with Gasteiger partial charge in [-0.25, -0.2) is 4.39 Å². The molecule has 0 aliphatic heterocycles. The molecule has 0 fully saturated rings. The molecule has 0 aliphatic rings. The fraction of sp³-hybridized carbons (Fsp3) is 0. The van der Waals surface area contributed by atoms with Crippen molar-refractivity contribution in [2.75, 3.05) is 0 Å². The van der Waals surface area contributed by atoms with Crippen molar-refractivity contribution in [3.8, 4) is 22.9 Å². The Morgan fingerprint density at radius 2 is 1.12 bits per heavy atom. The summed E-state index contributed by atoms with van der Waals surface area (Å²) in [5.74, 6) is 0.737. The largest absolute Gasteiger partial charge is 0.416 e. The second-order valence-corrected chi connectivity index (χ2v) is 8.11. The molecule has 1 aromatic heterocycles. The number of hydrogen-bond acceptors (Lipinski definition) is 3. The molecule has 162 valence electrons. The first-order valence-electron chi connectivity index (χ1n) is 11.0. The first-order chi connectivity index (χ1) is 16.7. The maximum Gasteiger partial charge on any atom is 0.249 e. The lowest BCUT2D eigenvalue weighted by atomic mass is 9.97. The van der Waals surface area contributed by atoms with Crippen molar-refractivity contribution >= 4 is 33.7 Å². The van der Waals surface area contributed by atoms with E-state index in [1.807, 2.05) is 60.7 Å². The molecule has 0 amide bonds. The molecule has 0 N–H and O–H groups in total. The third kappa shape index (κ3) is 3.76. The summed E-state index contributed by atoms with van der Waals surface area (Å²) in [7, 11) is 0. The minimum absolute atomic E-state index is 0.239. The second kappa shape index (κ2) is 8.41. The van der Waals surface area contributed by atoms with Gasteiger partial charge in [-0.2, -0.15) is 0 Å². The van der Waals surface area contributed by atoms with E-state index < -0.39 is 0 Å². The molecule has 0 unspecified atom stereocenters. The summed E-state index contributed by atoms with van der Waals surface area (Å²) in [6.45, 7) is 0. The number of aromatic nitrogens is 2. The van der Waals surface area contributed by atoms with Crippen LogP contribution in [0.4, 0.5) is 4.39 Å². The fourth-order valence-electron chi connectivity index (χ4n) is 4.19. The smallest absolute Gasteiger partial charge is 0.249 e. The van der Waals surface area contributed by atoms with Crippen molar-refractivity contribution in [2.45, 2.75) is 0 Å². The highest BCUT2D eigenvalue weighted by molar-refractivity contribution is 6.11. The zero-order valence-corrected chi connectivity index (χ0v) is 18.2. The molecule has 34 heavy (non-hydrogen) atoms. The summed E-state index contributed by atoms with van der Waals surface area (Å²) in [5.41, 5.74) is 3.76. The minimum Gasteiger partial charge on any atom is -0.416 e. The van der Waals surface area contributed by atoms with Crippen molar-refractivity contribution in [3.63, 3.8) is 0 Å². The Bertz CT molecular complexity index is 1590. The van der Waals surface area contributed by atoms with Gasteiger partial charge in [0.25, 0.3) is 0 Å². The molecule has 0 bridgehead atoms. The monoisotopic (exact) mass is 442 g/mol. The first-order valence-corrected chi connectivity index (χ1v) is 11.0. The van der Waals surface area contributed by atoms with Gasteiger partial charge in [0.2, 0.25) is 11.8 Å². The van der Waals surface area contributed by atoms with E-state index in [0.717, 1.165) is 43.8 Å². The summed E-state index contributed by atoms with van der Waals surface area (Å²) in [6, 6.07) is 33.0. The molecule has 0 spiro atoms. The maximum atomic E-state index is 13.1. The van der Waals surface area contributed by atoms with Crippen molar-refractivity contribution in [3.05, 3.63) is 120 Å². The molecular weight excluding hydrogens is 423 g/mol. The van der Waals surface area contributed by atoms with Crippen LogP contribution in [0, 0.1) is 5.82 Å². The molecule has 0 radical (unpaired) electrons. The molecular formula is C30H19FN2O. The summed E-state index contributed by atoms with van der Waals surface area (Å²) < 4.78 is 19.3. The highest BCUT2D eigenvalue weighted by Gasteiger charge is 2.16. The predicted octanol–water partition coefficient (Wildman–Crippen LogP) is 8.02. The van der Waals surface area contributed by atoms with Crippen LogP contribution < -0.4 is 0 Å². The van der Waals surface area contributed by atoms with Crippen molar-refractivity contribution < 1.29 is 8.81 Å². The van der Waals surface area contributed by atoms with Gasteiger partial charge in [0.15, 0.2) is 0 Å². The Balaban J connectivity index is 1.34. The molecule has 6 aromatic rings. The van der Waals surface area contributed by atoms with E-state index in [0.29, 0.717) is 11.8 Å². The van der Waals surface area contributed by atoms with Gasteiger partial charge in [-0.15, -0.1) is 10.2 Å². The Labute approximate surface area is 195 Å². The molecule has 0 aliphatic carbocycles. The molecule has 6 rings (SSSR count). The van der Waals surface area contributed by atoms with Gasteiger partial charge in [-0.05, 0) is 63.0 Å². The van der Waals surface area contributed by atoms with Crippen LogP contribution in [0.25, 0.3) is 56.6 Å². The van der Waals surface area contributed by atoms with Crippen molar-refractivity contribution in [1.29, 1.82) is 0 Å². The molecule has 0 saturated carbocycles. The molecule has 4 heteroatoms. The summed E-state index contributed by atoms with van der Waals surface area (Å²) in [4.78, 5) is 0. The van der Waals surface area contributed by atoms with Gasteiger partial charge in [0.1, 0.15) is 5.82 Å². The van der Waals surface area contributed by atoms with Gasteiger partial charge in [0.05, 0.1) is 5.56 Å². The zero-order chi connectivity index (χ0) is 22.9. The van der Waals surface area contributed by atoms with Crippen LogP contribution in [0.5, 0.6) is 0 Å². The Kier molecular flexibility index (Phi) is 4.96. The number of halogens is 1. The number of nitrogens with zero attached hydrogens (tertiary/aromatic N) is 2. The highest BCUT2D eigenvalue weighted by atomic mass is 19.1. The number of hydrogen-bond donors (Lipinski definition) is 0. The number of rotatable bonds is 4. The maximum absolute atomic E-state index is 13.1. The van der Waals surface area contributed by atoms with Crippen LogP contribution in [0.3, 0.4) is 0 Å². The Morgan fingerprint density at radius 1 is 0.588 bits per heavy atom. The van der Waals surface area contributed by atoms with Gasteiger partial charge in [-0.3, -0.25) is 0 Å². The Morgan fingerprint density at radius 3 is 1.74 bits per heavy atom. The van der Waals surface area contributed by atoms with E-state index in [1.54, 1.807) is 12.1 Å². The lowest BCUT2D eigenvalue weighted by Gasteiger charge is -2.08. The lowest BCUT2D eigenvalue weighted by Crippen LogP contribution is -1.85. The highest BCUT2D eigenvalue weighted by Crippen LogP contribution is 2.36. The average molecular weight is 442 g/mol. The van der Waals surface area contributed by atoms with Crippen LogP contribution in [0.1, 0.15) is 11.1 Å². The first kappa shape index (κ1) is 20.1. The molecule has 3 nitrogen and oxygen atoms in total. The van der Waals surface area contributed by atoms with E-state index >= 15 is 0 Å². The van der Waals surface area contributed by atoms with E-state index in [1.165, 1.54) is 12.1 Å². The summed E-state index contributed by atoms with van der Waals surface area (Å²) in [6.07, 6.45) is 3.93. The zero-order valence-electron chi connectivity index (χ0n) is 18.2. The Hall–Kier alpha value is -4.57. The van der Waals surface area contributed by atoms with Crippen LogP contribution in [-0.4, -0.2) is 10.2 Å². The van der Waals surface area contributed by atoms with Crippen LogP contribution in [0.2, 0.25) is 0 Å². The van der Waals surface area contributed by atoms with Gasteiger partial charge >= 0.3 is 0 Å².